The van der Waals surface area contributed by atoms with Crippen molar-refractivity contribution in [2.45, 2.75) is 26.9 Å². The number of ether oxygens (including phenoxy) is 1. The number of aryl methyl sites for hydroxylation is 2. The first-order valence-corrected chi connectivity index (χ1v) is 11.3. The number of fused-ring (bicyclic) bond motifs is 1. The Morgan fingerprint density at radius 2 is 1.74 bits per heavy atom. The predicted octanol–water partition coefficient (Wildman–Crippen LogP) is 4.88. The van der Waals surface area contributed by atoms with Gasteiger partial charge in [-0.1, -0.05) is 18.2 Å². The fourth-order valence-electron chi connectivity index (χ4n) is 3.88. The Balaban J connectivity index is 1.36. The first-order valence-electron chi connectivity index (χ1n) is 11.3. The molecule has 1 atom stereocenters. The van der Waals surface area contributed by atoms with Crippen LogP contribution >= 0.6 is 0 Å². The molecule has 8 heteroatoms. The third-order valence-corrected chi connectivity index (χ3v) is 5.49. The van der Waals surface area contributed by atoms with Crippen LogP contribution in [0.3, 0.4) is 0 Å². The van der Waals surface area contributed by atoms with Crippen LogP contribution in [0.15, 0.2) is 79.1 Å². The molecule has 1 unspecified atom stereocenters. The fraction of sp³-hybridized carbons (Fsp3) is 0.148. The maximum Gasteiger partial charge on any atom is 0.265 e. The van der Waals surface area contributed by atoms with Gasteiger partial charge in [0.05, 0.1) is 5.69 Å². The van der Waals surface area contributed by atoms with Crippen molar-refractivity contribution in [1.29, 1.82) is 0 Å². The molecule has 0 aliphatic carbocycles. The molecule has 3 heterocycles. The van der Waals surface area contributed by atoms with Gasteiger partial charge in [0.25, 0.3) is 5.91 Å². The van der Waals surface area contributed by atoms with Gasteiger partial charge in [-0.3, -0.25) is 9.78 Å². The number of amides is 1. The van der Waals surface area contributed by atoms with E-state index in [0.29, 0.717) is 22.9 Å². The van der Waals surface area contributed by atoms with Gasteiger partial charge in [0.15, 0.2) is 17.6 Å². The Hall–Kier alpha value is -4.59. The molecule has 1 N–H and O–H groups in total. The van der Waals surface area contributed by atoms with Gasteiger partial charge in [0.1, 0.15) is 5.75 Å². The molecule has 0 saturated heterocycles. The number of rotatable bonds is 6. The van der Waals surface area contributed by atoms with Gasteiger partial charge in [-0.05, 0) is 80.4 Å². The number of carbonyl (C=O) groups is 1. The van der Waals surface area contributed by atoms with E-state index in [2.05, 4.69) is 26.6 Å². The summed E-state index contributed by atoms with van der Waals surface area (Å²) >= 11 is 0. The Labute approximate surface area is 202 Å². The minimum Gasteiger partial charge on any atom is -0.481 e. The smallest absolute Gasteiger partial charge is 0.265 e. The predicted molar refractivity (Wildman–Crippen MR) is 134 cm³/mol. The molecule has 5 rings (SSSR count). The highest BCUT2D eigenvalue weighted by Gasteiger charge is 2.16. The third-order valence-electron chi connectivity index (χ3n) is 5.49. The van der Waals surface area contributed by atoms with Crippen molar-refractivity contribution < 1.29 is 9.53 Å². The van der Waals surface area contributed by atoms with Gasteiger partial charge in [-0.15, -0.1) is 10.2 Å². The summed E-state index contributed by atoms with van der Waals surface area (Å²) in [6, 6.07) is 20.9. The van der Waals surface area contributed by atoms with Gasteiger partial charge in [-0.2, -0.15) is 9.61 Å². The molecule has 0 spiro atoms. The molecule has 1 amide bonds. The summed E-state index contributed by atoms with van der Waals surface area (Å²) in [6.45, 7) is 5.74. The van der Waals surface area contributed by atoms with E-state index in [1.807, 2.05) is 74.5 Å². The minimum absolute atomic E-state index is 0.234. The zero-order chi connectivity index (χ0) is 24.4. The zero-order valence-electron chi connectivity index (χ0n) is 19.6. The van der Waals surface area contributed by atoms with E-state index in [1.165, 1.54) is 0 Å². The topological polar surface area (TPSA) is 94.3 Å². The Kier molecular flexibility index (Phi) is 5.93. The van der Waals surface area contributed by atoms with E-state index in [0.717, 1.165) is 27.9 Å². The number of pyridine rings is 1. The average Bonchev–Trinajstić information content (AvgIpc) is 3.27. The number of aromatic nitrogens is 5. The number of hydrogen-bond donors (Lipinski definition) is 1. The molecule has 5 aromatic rings. The van der Waals surface area contributed by atoms with E-state index in [-0.39, 0.29) is 5.91 Å². The second-order valence-corrected chi connectivity index (χ2v) is 8.41. The summed E-state index contributed by atoms with van der Waals surface area (Å²) in [7, 11) is 0. The lowest BCUT2D eigenvalue weighted by Crippen LogP contribution is -2.30. The molecule has 3 aromatic heterocycles. The van der Waals surface area contributed by atoms with Gasteiger partial charge in [0, 0.05) is 29.2 Å². The highest BCUT2D eigenvalue weighted by molar-refractivity contribution is 5.94. The van der Waals surface area contributed by atoms with Gasteiger partial charge in [0.2, 0.25) is 0 Å². The van der Waals surface area contributed by atoms with E-state index < -0.39 is 6.10 Å². The second kappa shape index (κ2) is 9.34. The van der Waals surface area contributed by atoms with Crippen molar-refractivity contribution in [2.75, 3.05) is 5.32 Å². The maximum atomic E-state index is 12.8. The van der Waals surface area contributed by atoms with Crippen LogP contribution in [0.1, 0.15) is 18.1 Å². The summed E-state index contributed by atoms with van der Waals surface area (Å²) in [5, 5.41) is 16.1. The Morgan fingerprint density at radius 1 is 0.943 bits per heavy atom. The number of nitrogens with zero attached hydrogens (tertiary/aromatic N) is 5. The average molecular weight is 465 g/mol. The quantitative estimate of drug-likeness (QED) is 0.385. The normalized spacial score (nSPS) is 11.9. The van der Waals surface area contributed by atoms with Crippen LogP contribution < -0.4 is 10.1 Å². The first-order chi connectivity index (χ1) is 17.0. The molecular formula is C27H24N6O2. The summed E-state index contributed by atoms with van der Waals surface area (Å²) in [6.07, 6.45) is 2.77. The second-order valence-electron chi connectivity index (χ2n) is 8.41. The van der Waals surface area contributed by atoms with Crippen molar-refractivity contribution in [3.8, 4) is 28.4 Å². The molecule has 35 heavy (non-hydrogen) atoms. The molecule has 2 aromatic carbocycles. The summed E-state index contributed by atoms with van der Waals surface area (Å²) in [4.78, 5) is 17.0. The Morgan fingerprint density at radius 3 is 2.51 bits per heavy atom. The molecule has 0 bridgehead atoms. The number of benzene rings is 2. The summed E-state index contributed by atoms with van der Waals surface area (Å²) in [5.74, 6) is 1.05. The summed E-state index contributed by atoms with van der Waals surface area (Å²) in [5.41, 5.74) is 5.85. The largest absolute Gasteiger partial charge is 0.481 e. The molecular weight excluding hydrogens is 440 g/mol. The number of anilines is 1. The van der Waals surface area contributed by atoms with Gasteiger partial charge in [-0.25, -0.2) is 0 Å². The van der Waals surface area contributed by atoms with E-state index in [9.17, 15) is 4.79 Å². The number of hydrogen-bond acceptors (Lipinski definition) is 6. The van der Waals surface area contributed by atoms with E-state index in [1.54, 1.807) is 23.8 Å². The highest BCUT2D eigenvalue weighted by atomic mass is 16.5. The van der Waals surface area contributed by atoms with Crippen LogP contribution in [0.4, 0.5) is 5.69 Å². The molecule has 0 aliphatic rings. The van der Waals surface area contributed by atoms with Crippen LogP contribution in [-0.4, -0.2) is 36.8 Å². The van der Waals surface area contributed by atoms with Crippen LogP contribution in [0.25, 0.3) is 28.3 Å². The fourth-order valence-corrected chi connectivity index (χ4v) is 3.88. The van der Waals surface area contributed by atoms with Crippen molar-refractivity contribution in [3.63, 3.8) is 0 Å². The zero-order valence-corrected chi connectivity index (χ0v) is 19.6. The van der Waals surface area contributed by atoms with Crippen molar-refractivity contribution in [2.24, 2.45) is 0 Å². The molecule has 8 nitrogen and oxygen atoms in total. The van der Waals surface area contributed by atoms with Crippen molar-refractivity contribution in [1.82, 2.24) is 24.8 Å². The van der Waals surface area contributed by atoms with E-state index >= 15 is 0 Å². The molecule has 0 saturated carbocycles. The van der Waals surface area contributed by atoms with E-state index in [4.69, 9.17) is 9.84 Å². The number of carbonyl (C=O) groups excluding carboxylic acids is 1. The molecule has 0 radical (unpaired) electrons. The van der Waals surface area contributed by atoms with Crippen LogP contribution in [-0.2, 0) is 4.79 Å². The first kappa shape index (κ1) is 22.2. The van der Waals surface area contributed by atoms with Gasteiger partial charge >= 0.3 is 0 Å². The lowest BCUT2D eigenvalue weighted by atomic mass is 10.1. The van der Waals surface area contributed by atoms with Crippen LogP contribution in [0.5, 0.6) is 5.75 Å². The van der Waals surface area contributed by atoms with Crippen molar-refractivity contribution in [3.05, 3.63) is 90.3 Å². The maximum absolute atomic E-state index is 12.8. The van der Waals surface area contributed by atoms with Crippen LogP contribution in [0.2, 0.25) is 0 Å². The standard InChI is InChI=1S/C27H24N6O2/c1-17-12-18(2)14-23(13-17)35-19(3)27(34)29-22-8-4-6-20(15-22)24-9-10-25-30-31-26(33(25)32-24)21-7-5-11-28-16-21/h4-16,19H,1-3H3,(H,29,34). The monoisotopic (exact) mass is 464 g/mol. The lowest BCUT2D eigenvalue weighted by molar-refractivity contribution is -0.122. The molecule has 0 fully saturated rings. The Bertz CT molecular complexity index is 1490. The minimum atomic E-state index is -0.659. The van der Waals surface area contributed by atoms with Gasteiger partial charge < -0.3 is 10.1 Å². The molecule has 174 valence electrons. The SMILES string of the molecule is Cc1cc(C)cc(OC(C)C(=O)Nc2cccc(-c3ccc4nnc(-c5cccnc5)n4n3)c2)c1. The lowest BCUT2D eigenvalue weighted by Gasteiger charge is -2.16. The van der Waals surface area contributed by atoms with Crippen LogP contribution in [0, 0.1) is 13.8 Å². The summed E-state index contributed by atoms with van der Waals surface area (Å²) < 4.78 is 7.56. The van der Waals surface area contributed by atoms with Crippen molar-refractivity contribution >= 4 is 17.2 Å². The third kappa shape index (κ3) is 4.86. The molecule has 0 aliphatic heterocycles. The number of nitrogens with one attached hydrogen (secondary N) is 1. The highest BCUT2D eigenvalue weighted by Crippen LogP contribution is 2.24.